The molecule has 0 bridgehead atoms. The maximum absolute atomic E-state index is 13.3. The van der Waals surface area contributed by atoms with Crippen molar-refractivity contribution in [2.24, 2.45) is 5.92 Å². The van der Waals surface area contributed by atoms with Crippen molar-refractivity contribution in [3.63, 3.8) is 0 Å². The first kappa shape index (κ1) is 24.8. The van der Waals surface area contributed by atoms with Gasteiger partial charge in [-0.15, -0.1) is 0 Å². The van der Waals surface area contributed by atoms with E-state index in [1.165, 1.54) is 32.4 Å². The minimum atomic E-state index is 0.00544. The van der Waals surface area contributed by atoms with Gasteiger partial charge in [-0.3, -0.25) is 4.79 Å². The smallest absolute Gasteiger partial charge is 0.260 e. The zero-order chi connectivity index (χ0) is 23.6. The quantitative estimate of drug-likeness (QED) is 0.495. The van der Waals surface area contributed by atoms with Crippen LogP contribution < -0.4 is 16.2 Å². The molecule has 1 saturated heterocycles. The Bertz CT molecular complexity index is 993. The summed E-state index contributed by atoms with van der Waals surface area (Å²) in [6.45, 7) is 10.3. The SMILES string of the molecule is C=C(NCCCC1CCCN(C)C1)c1cc(/C(=C/CC)NC)c(=O)n(Cc2ccccc2)c1. The zero-order valence-electron chi connectivity index (χ0n) is 20.6. The fraction of sp³-hybridized carbons (Fsp3) is 0.464. The number of pyridine rings is 1. The molecule has 1 atom stereocenters. The van der Waals surface area contributed by atoms with Crippen LogP contribution in [0.15, 0.2) is 60.0 Å². The minimum absolute atomic E-state index is 0.00544. The van der Waals surface area contributed by atoms with Gasteiger partial charge in [0.2, 0.25) is 0 Å². The molecule has 1 aliphatic rings. The van der Waals surface area contributed by atoms with Crippen molar-refractivity contribution in [2.45, 2.75) is 45.6 Å². The zero-order valence-corrected chi connectivity index (χ0v) is 20.6. The van der Waals surface area contributed by atoms with E-state index in [1.54, 1.807) is 4.57 Å². The third-order valence-electron chi connectivity index (χ3n) is 6.45. The summed E-state index contributed by atoms with van der Waals surface area (Å²) in [5, 5.41) is 6.72. The molecule has 0 aliphatic carbocycles. The van der Waals surface area contributed by atoms with E-state index in [1.807, 2.05) is 37.5 Å². The second-order valence-corrected chi connectivity index (χ2v) is 9.16. The van der Waals surface area contributed by atoms with Crippen LogP contribution in [0, 0.1) is 5.92 Å². The van der Waals surface area contributed by atoms with E-state index in [0.717, 1.165) is 47.8 Å². The average molecular weight is 449 g/mol. The summed E-state index contributed by atoms with van der Waals surface area (Å²) in [5.74, 6) is 0.801. The van der Waals surface area contributed by atoms with Gasteiger partial charge in [-0.1, -0.05) is 49.9 Å². The molecule has 1 aromatic carbocycles. The van der Waals surface area contributed by atoms with Crippen LogP contribution in [-0.2, 0) is 6.54 Å². The molecule has 0 amide bonds. The fourth-order valence-electron chi connectivity index (χ4n) is 4.68. The van der Waals surface area contributed by atoms with Gasteiger partial charge in [0.15, 0.2) is 0 Å². The van der Waals surface area contributed by atoms with Crippen molar-refractivity contribution in [3.05, 3.63) is 82.3 Å². The lowest BCUT2D eigenvalue weighted by Crippen LogP contribution is -2.32. The lowest BCUT2D eigenvalue weighted by Gasteiger charge is -2.29. The maximum Gasteiger partial charge on any atom is 0.260 e. The number of nitrogens with zero attached hydrogens (tertiary/aromatic N) is 2. The molecule has 5 nitrogen and oxygen atoms in total. The summed E-state index contributed by atoms with van der Waals surface area (Å²) >= 11 is 0. The number of allylic oxidation sites excluding steroid dienone is 1. The molecule has 1 aromatic heterocycles. The van der Waals surface area contributed by atoms with E-state index < -0.39 is 0 Å². The highest BCUT2D eigenvalue weighted by Crippen LogP contribution is 2.20. The van der Waals surface area contributed by atoms with E-state index in [4.69, 9.17) is 0 Å². The molecule has 2 N–H and O–H groups in total. The van der Waals surface area contributed by atoms with Crippen LogP contribution in [0.1, 0.15) is 55.7 Å². The van der Waals surface area contributed by atoms with Crippen LogP contribution in [0.2, 0.25) is 0 Å². The largest absolute Gasteiger partial charge is 0.388 e. The molecule has 5 heteroatoms. The van der Waals surface area contributed by atoms with Crippen molar-refractivity contribution in [3.8, 4) is 0 Å². The summed E-state index contributed by atoms with van der Waals surface area (Å²) in [7, 11) is 4.09. The predicted octanol–water partition coefficient (Wildman–Crippen LogP) is 4.55. The first-order chi connectivity index (χ1) is 16.0. The highest BCUT2D eigenvalue weighted by molar-refractivity contribution is 5.69. The number of rotatable bonds is 11. The van der Waals surface area contributed by atoms with Gasteiger partial charge in [-0.05, 0) is 63.2 Å². The number of nitrogens with one attached hydrogen (secondary N) is 2. The molecule has 1 aliphatic heterocycles. The lowest BCUT2D eigenvalue weighted by atomic mass is 9.94. The molecule has 178 valence electrons. The highest BCUT2D eigenvalue weighted by Gasteiger charge is 2.17. The van der Waals surface area contributed by atoms with Gasteiger partial charge in [-0.25, -0.2) is 0 Å². The van der Waals surface area contributed by atoms with Crippen LogP contribution in [-0.4, -0.2) is 43.2 Å². The molecule has 0 radical (unpaired) electrons. The van der Waals surface area contributed by atoms with Gasteiger partial charge in [0.05, 0.1) is 12.1 Å². The van der Waals surface area contributed by atoms with Crippen LogP contribution in [0.25, 0.3) is 11.4 Å². The van der Waals surface area contributed by atoms with Crippen molar-refractivity contribution >= 4 is 11.4 Å². The summed E-state index contributed by atoms with van der Waals surface area (Å²) in [4.78, 5) is 15.8. The molecular weight excluding hydrogens is 408 g/mol. The van der Waals surface area contributed by atoms with Gasteiger partial charge in [0.25, 0.3) is 5.56 Å². The molecular formula is C28H40N4O. The summed E-state index contributed by atoms with van der Waals surface area (Å²) in [5.41, 5.74) is 4.47. The second-order valence-electron chi connectivity index (χ2n) is 9.16. The molecule has 0 spiro atoms. The van der Waals surface area contributed by atoms with Gasteiger partial charge in [0.1, 0.15) is 0 Å². The number of piperidine rings is 1. The molecule has 33 heavy (non-hydrogen) atoms. The van der Waals surface area contributed by atoms with E-state index in [2.05, 4.69) is 54.3 Å². The number of benzene rings is 1. The Balaban J connectivity index is 1.75. The Hall–Kier alpha value is -2.79. The Morgan fingerprint density at radius 2 is 2.06 bits per heavy atom. The molecule has 0 saturated carbocycles. The van der Waals surface area contributed by atoms with E-state index in [9.17, 15) is 4.79 Å². The predicted molar refractivity (Wildman–Crippen MR) is 140 cm³/mol. The third-order valence-corrected chi connectivity index (χ3v) is 6.45. The number of hydrogen-bond donors (Lipinski definition) is 2. The highest BCUT2D eigenvalue weighted by atomic mass is 16.1. The van der Waals surface area contributed by atoms with Crippen molar-refractivity contribution in [2.75, 3.05) is 33.7 Å². The number of hydrogen-bond acceptors (Lipinski definition) is 4. The number of likely N-dealkylation sites (tertiary alicyclic amines) is 1. The van der Waals surface area contributed by atoms with Gasteiger partial charge < -0.3 is 20.1 Å². The standard InChI is InChI=1S/C28H40N4O/c1-5-11-27(29-3)26-18-25(21-32(28(26)33)20-24-12-7-6-8-13-24)22(2)30-16-9-14-23-15-10-17-31(4)19-23/h6-8,11-13,18,21,23,29-30H,2,5,9-10,14-17,19-20H2,1,3-4H3/b27-11-. The minimum Gasteiger partial charge on any atom is -0.388 e. The summed E-state index contributed by atoms with van der Waals surface area (Å²) in [6.07, 6.45) is 9.88. The van der Waals surface area contributed by atoms with Gasteiger partial charge >= 0.3 is 0 Å². The molecule has 1 fully saturated rings. The topological polar surface area (TPSA) is 49.3 Å². The van der Waals surface area contributed by atoms with Gasteiger partial charge in [0, 0.05) is 43.3 Å². The van der Waals surface area contributed by atoms with E-state index in [-0.39, 0.29) is 5.56 Å². The average Bonchev–Trinajstić information content (AvgIpc) is 2.82. The molecule has 1 unspecified atom stereocenters. The maximum atomic E-state index is 13.3. The van der Waals surface area contributed by atoms with Crippen molar-refractivity contribution in [1.82, 2.24) is 20.1 Å². The van der Waals surface area contributed by atoms with Crippen LogP contribution >= 0.6 is 0 Å². The first-order valence-corrected chi connectivity index (χ1v) is 12.3. The summed E-state index contributed by atoms with van der Waals surface area (Å²) in [6, 6.07) is 12.1. The van der Waals surface area contributed by atoms with Crippen LogP contribution in [0.5, 0.6) is 0 Å². The summed E-state index contributed by atoms with van der Waals surface area (Å²) < 4.78 is 1.80. The van der Waals surface area contributed by atoms with Crippen LogP contribution in [0.3, 0.4) is 0 Å². The fourth-order valence-corrected chi connectivity index (χ4v) is 4.68. The molecule has 3 rings (SSSR count). The van der Waals surface area contributed by atoms with Crippen LogP contribution in [0.4, 0.5) is 0 Å². The Morgan fingerprint density at radius 1 is 1.27 bits per heavy atom. The van der Waals surface area contributed by atoms with Crippen molar-refractivity contribution in [1.29, 1.82) is 0 Å². The third kappa shape index (κ3) is 7.10. The van der Waals surface area contributed by atoms with Gasteiger partial charge in [-0.2, -0.15) is 0 Å². The normalized spacial score (nSPS) is 17.1. The number of aromatic nitrogens is 1. The van der Waals surface area contributed by atoms with Crippen molar-refractivity contribution < 1.29 is 0 Å². The van der Waals surface area contributed by atoms with E-state index in [0.29, 0.717) is 12.1 Å². The first-order valence-electron chi connectivity index (χ1n) is 12.3. The molecule has 2 heterocycles. The van der Waals surface area contributed by atoms with E-state index >= 15 is 0 Å². The second kappa shape index (κ2) is 12.4. The monoisotopic (exact) mass is 448 g/mol. The Labute approximate surface area is 199 Å². The molecule has 2 aromatic rings. The Morgan fingerprint density at radius 3 is 2.76 bits per heavy atom. The Kier molecular flexibility index (Phi) is 9.37. The lowest BCUT2D eigenvalue weighted by molar-refractivity contribution is 0.200.